The zero-order valence-corrected chi connectivity index (χ0v) is 22.9. The fraction of sp³-hybridized carbons (Fsp3) is 0.154. The number of aromatic hydroxyl groups is 1. The van der Waals surface area contributed by atoms with E-state index >= 15 is 0 Å². The third-order valence-corrected chi connectivity index (χ3v) is 8.47. The maximum atomic E-state index is 12.9. The molecule has 3 N–H and O–H groups in total. The van der Waals surface area contributed by atoms with Crippen LogP contribution in [-0.2, 0) is 21.1 Å². The molecule has 2 atom stereocenters. The molecule has 192 valence electrons. The molecule has 3 aromatic rings. The van der Waals surface area contributed by atoms with E-state index in [0.717, 1.165) is 11.6 Å². The fourth-order valence-corrected chi connectivity index (χ4v) is 5.69. The first-order valence-electron chi connectivity index (χ1n) is 10.7. The lowest BCUT2D eigenvalue weighted by molar-refractivity contribution is -0.139. The first-order valence-corrected chi connectivity index (χ1v) is 15.1. The summed E-state index contributed by atoms with van der Waals surface area (Å²) >= 11 is 12.6. The summed E-state index contributed by atoms with van der Waals surface area (Å²) in [5, 5.41) is 22.5. The number of carbonyl (C=O) groups excluding carboxylic acids is 1. The third-order valence-electron chi connectivity index (χ3n) is 5.24. The van der Waals surface area contributed by atoms with Crippen molar-refractivity contribution in [3.8, 4) is 17.3 Å². The number of halogens is 2. The molecule has 3 rings (SSSR count). The number of hydrogen-bond acceptors (Lipinski definition) is 5. The van der Waals surface area contributed by atoms with Gasteiger partial charge >= 0.3 is 5.97 Å². The molecule has 7 nitrogen and oxygen atoms in total. The van der Waals surface area contributed by atoms with Crippen molar-refractivity contribution in [1.82, 2.24) is 5.32 Å². The minimum absolute atomic E-state index is 0.00239. The van der Waals surface area contributed by atoms with E-state index in [1.807, 2.05) is 6.66 Å². The molecule has 0 aliphatic heterocycles. The van der Waals surface area contributed by atoms with Gasteiger partial charge in [-0.15, -0.1) is 0 Å². The molecule has 0 saturated heterocycles. The molecule has 2 unspecified atom stereocenters. The van der Waals surface area contributed by atoms with E-state index in [2.05, 4.69) is 16.9 Å². The van der Waals surface area contributed by atoms with Gasteiger partial charge in [0, 0.05) is 26.2 Å². The Labute approximate surface area is 226 Å². The lowest BCUT2D eigenvalue weighted by atomic mass is 10.0. The number of nitrogens with one attached hydrogen (secondary N) is 1. The SMILES string of the molecule is CP(C#Cc1cc(Cl)c(C(=O)NC(Cc2cccc(S(C)(=O)=O)c2)C(=O)O)c(Cl)c1)c1ccc(O)cc1. The minimum atomic E-state index is -3.48. The van der Waals surface area contributed by atoms with Crippen molar-refractivity contribution in [2.75, 3.05) is 12.9 Å². The average molecular weight is 578 g/mol. The van der Waals surface area contributed by atoms with Crippen LogP contribution >= 0.6 is 31.1 Å². The highest BCUT2D eigenvalue weighted by Crippen LogP contribution is 2.30. The molecule has 0 bridgehead atoms. The van der Waals surface area contributed by atoms with Crippen LogP contribution in [0.15, 0.2) is 65.6 Å². The Morgan fingerprint density at radius 3 is 2.24 bits per heavy atom. The Balaban J connectivity index is 1.79. The van der Waals surface area contributed by atoms with E-state index in [1.165, 1.54) is 30.3 Å². The quantitative estimate of drug-likeness (QED) is 0.285. The fourth-order valence-electron chi connectivity index (χ4n) is 3.32. The van der Waals surface area contributed by atoms with Crippen LogP contribution in [0.2, 0.25) is 10.0 Å². The highest BCUT2D eigenvalue weighted by molar-refractivity contribution is 7.90. The zero-order chi connectivity index (χ0) is 27.3. The maximum Gasteiger partial charge on any atom is 0.326 e. The average Bonchev–Trinajstić information content (AvgIpc) is 2.81. The van der Waals surface area contributed by atoms with Crippen LogP contribution in [0, 0.1) is 11.6 Å². The monoisotopic (exact) mass is 577 g/mol. The predicted molar refractivity (Wildman–Crippen MR) is 146 cm³/mol. The van der Waals surface area contributed by atoms with Crippen LogP contribution in [-0.4, -0.2) is 49.5 Å². The van der Waals surface area contributed by atoms with Crippen LogP contribution in [0.4, 0.5) is 0 Å². The van der Waals surface area contributed by atoms with Crippen LogP contribution in [0.1, 0.15) is 21.5 Å². The van der Waals surface area contributed by atoms with Gasteiger partial charge in [0.05, 0.1) is 20.5 Å². The molecule has 0 fully saturated rings. The summed E-state index contributed by atoms with van der Waals surface area (Å²) in [7, 11) is -4.33. The number of phenolic OH excluding ortho intramolecular Hbond substituents is 1. The number of aliphatic carboxylic acids is 1. The minimum Gasteiger partial charge on any atom is -0.508 e. The van der Waals surface area contributed by atoms with Crippen molar-refractivity contribution in [2.24, 2.45) is 0 Å². The number of carbonyl (C=O) groups is 2. The Hall–Kier alpha value is -3.08. The lowest BCUT2D eigenvalue weighted by Crippen LogP contribution is -2.42. The molecule has 11 heteroatoms. The molecular formula is C26H22Cl2NO6PS. The Morgan fingerprint density at radius 2 is 1.68 bits per heavy atom. The maximum absolute atomic E-state index is 12.9. The van der Waals surface area contributed by atoms with Crippen molar-refractivity contribution < 1.29 is 28.2 Å². The van der Waals surface area contributed by atoms with Gasteiger partial charge in [0.2, 0.25) is 0 Å². The van der Waals surface area contributed by atoms with Crippen molar-refractivity contribution in [1.29, 1.82) is 0 Å². The Bertz CT molecular complexity index is 1490. The summed E-state index contributed by atoms with van der Waals surface area (Å²) in [6, 6.07) is 14.2. The molecule has 0 radical (unpaired) electrons. The molecule has 0 spiro atoms. The van der Waals surface area contributed by atoms with E-state index in [9.17, 15) is 28.2 Å². The van der Waals surface area contributed by atoms with Crippen LogP contribution in [0.3, 0.4) is 0 Å². The Morgan fingerprint density at radius 1 is 1.05 bits per heavy atom. The number of sulfone groups is 1. The first kappa shape index (κ1) is 28.5. The largest absolute Gasteiger partial charge is 0.508 e. The van der Waals surface area contributed by atoms with E-state index in [-0.39, 0.29) is 32.7 Å². The number of hydrogen-bond donors (Lipinski definition) is 3. The van der Waals surface area contributed by atoms with Gasteiger partial charge in [-0.25, -0.2) is 13.2 Å². The summed E-state index contributed by atoms with van der Waals surface area (Å²) in [5.74, 6) is 1.06. The number of phenols is 1. The van der Waals surface area contributed by atoms with Gasteiger partial charge in [-0.05, 0) is 66.1 Å². The number of amides is 1. The normalized spacial score (nSPS) is 12.6. The first-order chi connectivity index (χ1) is 17.3. The molecular weight excluding hydrogens is 556 g/mol. The topological polar surface area (TPSA) is 121 Å². The summed E-state index contributed by atoms with van der Waals surface area (Å²) < 4.78 is 23.6. The molecule has 0 aromatic heterocycles. The molecule has 37 heavy (non-hydrogen) atoms. The van der Waals surface area contributed by atoms with Gasteiger partial charge in [-0.3, -0.25) is 4.79 Å². The van der Waals surface area contributed by atoms with Crippen LogP contribution in [0.25, 0.3) is 0 Å². The van der Waals surface area contributed by atoms with Crippen LogP contribution < -0.4 is 10.6 Å². The number of benzene rings is 3. The van der Waals surface area contributed by atoms with Gasteiger partial charge in [0.1, 0.15) is 11.8 Å². The van der Waals surface area contributed by atoms with E-state index in [0.29, 0.717) is 11.1 Å². The smallest absolute Gasteiger partial charge is 0.326 e. The molecule has 3 aromatic carbocycles. The molecule has 0 saturated carbocycles. The van der Waals surface area contributed by atoms with Crippen LogP contribution in [0.5, 0.6) is 5.75 Å². The molecule has 0 aliphatic carbocycles. The zero-order valence-electron chi connectivity index (χ0n) is 19.7. The van der Waals surface area contributed by atoms with Gasteiger partial charge in [0.25, 0.3) is 5.91 Å². The van der Waals surface area contributed by atoms with Crippen molar-refractivity contribution >= 4 is 58.1 Å². The second-order valence-electron chi connectivity index (χ2n) is 8.12. The summed E-state index contributed by atoms with van der Waals surface area (Å²) in [5.41, 5.74) is 3.93. The summed E-state index contributed by atoms with van der Waals surface area (Å²) in [6.45, 7) is 1.96. The van der Waals surface area contributed by atoms with Gasteiger partial charge < -0.3 is 15.5 Å². The standard InChI is InChI=1S/C26H22Cl2NO6PS/c1-36(19-8-6-18(30)7-9-19)11-10-17-13-21(27)24(22(28)14-17)25(31)29-23(26(32)33)15-16-4-3-5-20(12-16)37(2,34)35/h3-9,12-14,23,30H,15H2,1-2H3,(H,29,31)(H,32,33). The predicted octanol–water partition coefficient (Wildman–Crippen LogP) is 4.27. The molecule has 0 aliphatic rings. The van der Waals surface area contributed by atoms with Crippen molar-refractivity contribution in [3.63, 3.8) is 0 Å². The summed E-state index contributed by atoms with van der Waals surface area (Å²) in [4.78, 5) is 24.8. The number of carboxylic acid groups (broad SMARTS) is 1. The summed E-state index contributed by atoms with van der Waals surface area (Å²) in [6.07, 6.45) is 0.899. The van der Waals surface area contributed by atoms with Gasteiger partial charge in [-0.2, -0.15) is 0 Å². The van der Waals surface area contributed by atoms with Gasteiger partial charge in [-0.1, -0.05) is 46.9 Å². The second-order valence-corrected chi connectivity index (χ2v) is 12.8. The number of rotatable bonds is 7. The van der Waals surface area contributed by atoms with E-state index in [4.69, 9.17) is 23.2 Å². The van der Waals surface area contributed by atoms with E-state index in [1.54, 1.807) is 30.3 Å². The second kappa shape index (κ2) is 12.0. The lowest BCUT2D eigenvalue weighted by Gasteiger charge is -2.16. The van der Waals surface area contributed by atoms with Gasteiger partial charge in [0.15, 0.2) is 9.84 Å². The highest BCUT2D eigenvalue weighted by Gasteiger charge is 2.24. The highest BCUT2D eigenvalue weighted by atomic mass is 35.5. The molecule has 0 heterocycles. The van der Waals surface area contributed by atoms with Crippen molar-refractivity contribution in [3.05, 3.63) is 87.4 Å². The van der Waals surface area contributed by atoms with E-state index < -0.39 is 35.7 Å². The molecule has 1 amide bonds. The number of carboxylic acids is 1. The third kappa shape index (κ3) is 7.70. The Kier molecular flexibility index (Phi) is 9.22. The van der Waals surface area contributed by atoms with Crippen molar-refractivity contribution in [2.45, 2.75) is 17.4 Å².